The van der Waals surface area contributed by atoms with Crippen LogP contribution in [0.15, 0.2) is 24.4 Å². The number of aliphatic carboxylic acids is 1. The number of nitrogens with one attached hydrogen (secondary N) is 2. The molecule has 3 N–H and O–H groups in total. The lowest BCUT2D eigenvalue weighted by Crippen LogP contribution is -2.38. The number of fused-ring (bicyclic) bond motifs is 1. The number of benzene rings is 1. The van der Waals surface area contributed by atoms with Crippen molar-refractivity contribution in [2.75, 3.05) is 0 Å². The maximum absolute atomic E-state index is 11.8. The molecule has 2 rings (SSSR count). The summed E-state index contributed by atoms with van der Waals surface area (Å²) in [5.74, 6) is -1.18. The summed E-state index contributed by atoms with van der Waals surface area (Å²) in [6.45, 7) is 5.11. The van der Waals surface area contributed by atoms with Crippen LogP contribution in [0.5, 0.6) is 0 Å². The lowest BCUT2D eigenvalue weighted by atomic mass is 10.1. The van der Waals surface area contributed by atoms with Gasteiger partial charge in [-0.15, -0.1) is 0 Å². The van der Waals surface area contributed by atoms with Gasteiger partial charge in [-0.1, -0.05) is 17.7 Å². The van der Waals surface area contributed by atoms with E-state index in [-0.39, 0.29) is 0 Å². The summed E-state index contributed by atoms with van der Waals surface area (Å²) < 4.78 is 5.10. The number of halogens is 1. The summed E-state index contributed by atoms with van der Waals surface area (Å²) in [6, 6.07) is 3.83. The predicted molar refractivity (Wildman–Crippen MR) is 83.1 cm³/mol. The Hall–Kier alpha value is -2.21. The van der Waals surface area contributed by atoms with Gasteiger partial charge in [-0.3, -0.25) is 0 Å². The second-order valence-corrected chi connectivity index (χ2v) is 6.29. The van der Waals surface area contributed by atoms with E-state index in [4.69, 9.17) is 16.3 Å². The molecule has 2 aromatic rings. The van der Waals surface area contributed by atoms with Gasteiger partial charge in [0, 0.05) is 27.7 Å². The number of aromatic amines is 1. The zero-order chi connectivity index (χ0) is 16.5. The maximum atomic E-state index is 11.8. The van der Waals surface area contributed by atoms with Crippen LogP contribution in [-0.4, -0.2) is 27.8 Å². The van der Waals surface area contributed by atoms with Crippen molar-refractivity contribution < 1.29 is 19.4 Å². The van der Waals surface area contributed by atoms with E-state index in [0.29, 0.717) is 21.5 Å². The molecule has 1 amide bonds. The molecule has 1 heterocycles. The Bertz CT molecular complexity index is 718. The Morgan fingerprint density at radius 1 is 1.36 bits per heavy atom. The van der Waals surface area contributed by atoms with Crippen LogP contribution in [0.1, 0.15) is 32.4 Å². The second-order valence-electron chi connectivity index (χ2n) is 5.85. The van der Waals surface area contributed by atoms with E-state index in [1.807, 2.05) is 0 Å². The fourth-order valence-corrected chi connectivity index (χ4v) is 2.23. The van der Waals surface area contributed by atoms with Crippen LogP contribution in [0.25, 0.3) is 10.9 Å². The van der Waals surface area contributed by atoms with Crippen molar-refractivity contribution in [3.63, 3.8) is 0 Å². The molecule has 0 fully saturated rings. The number of alkyl carbamates (subject to hydrolysis) is 1. The average molecular weight is 325 g/mol. The molecule has 118 valence electrons. The van der Waals surface area contributed by atoms with Gasteiger partial charge in [0.2, 0.25) is 0 Å². The summed E-state index contributed by atoms with van der Waals surface area (Å²) in [7, 11) is 0. The Morgan fingerprint density at radius 3 is 2.64 bits per heavy atom. The fourth-order valence-electron chi connectivity index (χ4n) is 2.06. The highest BCUT2D eigenvalue weighted by Crippen LogP contribution is 2.27. The molecule has 0 saturated heterocycles. The summed E-state index contributed by atoms with van der Waals surface area (Å²) in [5.41, 5.74) is 0.422. The van der Waals surface area contributed by atoms with Crippen molar-refractivity contribution in [3.05, 3.63) is 35.0 Å². The highest BCUT2D eigenvalue weighted by molar-refractivity contribution is 6.31. The third-order valence-electron chi connectivity index (χ3n) is 2.89. The van der Waals surface area contributed by atoms with Gasteiger partial charge in [-0.2, -0.15) is 0 Å². The number of H-pyrrole nitrogens is 1. The van der Waals surface area contributed by atoms with Crippen LogP contribution in [0.2, 0.25) is 5.02 Å². The molecule has 0 radical (unpaired) electrons. The van der Waals surface area contributed by atoms with Crippen molar-refractivity contribution in [1.29, 1.82) is 0 Å². The molecule has 6 nitrogen and oxygen atoms in total. The molecule has 22 heavy (non-hydrogen) atoms. The first-order valence-electron chi connectivity index (χ1n) is 6.66. The SMILES string of the molecule is CC(C)(C)OC(=O)NC(C(=O)O)c1c[nH]c2cc(Cl)ccc12. The number of ether oxygens (including phenoxy) is 1. The van der Waals surface area contributed by atoms with Crippen molar-refractivity contribution in [3.8, 4) is 0 Å². The Balaban J connectivity index is 2.31. The standard InChI is InChI=1S/C15H17ClN2O4/c1-15(2,3)22-14(21)18-12(13(19)20)10-7-17-11-6-8(16)4-5-9(10)11/h4-7,12,17H,1-3H3,(H,18,21)(H,19,20). The van der Waals surface area contributed by atoms with Gasteiger partial charge in [0.05, 0.1) is 0 Å². The fraction of sp³-hybridized carbons (Fsp3) is 0.333. The van der Waals surface area contributed by atoms with Crippen molar-refractivity contribution in [2.24, 2.45) is 0 Å². The molecule has 0 aliphatic heterocycles. The van der Waals surface area contributed by atoms with E-state index in [2.05, 4.69) is 10.3 Å². The van der Waals surface area contributed by atoms with E-state index in [1.165, 1.54) is 6.20 Å². The third-order valence-corrected chi connectivity index (χ3v) is 3.13. The summed E-state index contributed by atoms with van der Waals surface area (Å²) in [5, 5.41) is 13.0. The largest absolute Gasteiger partial charge is 0.479 e. The van der Waals surface area contributed by atoms with E-state index in [0.717, 1.165) is 0 Å². The van der Waals surface area contributed by atoms with Gasteiger partial charge < -0.3 is 20.1 Å². The molecule has 1 aromatic carbocycles. The summed E-state index contributed by atoms with van der Waals surface area (Å²) in [6.07, 6.45) is 0.750. The van der Waals surface area contributed by atoms with Crippen LogP contribution in [-0.2, 0) is 9.53 Å². The molecule has 0 spiro atoms. The maximum Gasteiger partial charge on any atom is 0.408 e. The lowest BCUT2D eigenvalue weighted by Gasteiger charge is -2.21. The van der Waals surface area contributed by atoms with Crippen molar-refractivity contribution >= 4 is 34.6 Å². The lowest BCUT2D eigenvalue weighted by molar-refractivity contribution is -0.139. The van der Waals surface area contributed by atoms with E-state index < -0.39 is 23.7 Å². The van der Waals surface area contributed by atoms with Crippen LogP contribution in [0.3, 0.4) is 0 Å². The Morgan fingerprint density at radius 2 is 2.05 bits per heavy atom. The number of carbonyl (C=O) groups is 2. The molecule has 1 aromatic heterocycles. The van der Waals surface area contributed by atoms with Crippen LogP contribution in [0, 0.1) is 0 Å². The van der Waals surface area contributed by atoms with Crippen molar-refractivity contribution in [1.82, 2.24) is 10.3 Å². The highest BCUT2D eigenvalue weighted by Gasteiger charge is 2.27. The normalized spacial score (nSPS) is 12.9. The minimum Gasteiger partial charge on any atom is -0.479 e. The third kappa shape index (κ3) is 3.71. The first-order valence-corrected chi connectivity index (χ1v) is 7.04. The highest BCUT2D eigenvalue weighted by atomic mass is 35.5. The predicted octanol–water partition coefficient (Wildman–Crippen LogP) is 3.47. The Kier molecular flexibility index (Phi) is 4.32. The van der Waals surface area contributed by atoms with E-state index in [1.54, 1.807) is 39.0 Å². The van der Waals surface area contributed by atoms with Gasteiger partial charge >= 0.3 is 12.1 Å². The summed E-state index contributed by atoms with van der Waals surface area (Å²) in [4.78, 5) is 26.3. The van der Waals surface area contributed by atoms with E-state index in [9.17, 15) is 14.7 Å². The molecular formula is C15H17ClN2O4. The minimum atomic E-state index is -1.22. The molecule has 0 aliphatic rings. The number of carboxylic acid groups (broad SMARTS) is 1. The quantitative estimate of drug-likeness (QED) is 0.806. The zero-order valence-corrected chi connectivity index (χ0v) is 13.2. The number of carbonyl (C=O) groups excluding carboxylic acids is 1. The van der Waals surface area contributed by atoms with Gasteiger partial charge in [-0.25, -0.2) is 9.59 Å². The van der Waals surface area contributed by atoms with Gasteiger partial charge in [0.1, 0.15) is 5.60 Å². The molecule has 7 heteroatoms. The average Bonchev–Trinajstić information content (AvgIpc) is 2.76. The topological polar surface area (TPSA) is 91.4 Å². The number of hydrogen-bond donors (Lipinski definition) is 3. The molecule has 0 saturated carbocycles. The smallest absolute Gasteiger partial charge is 0.408 e. The van der Waals surface area contributed by atoms with Crippen LogP contribution in [0.4, 0.5) is 4.79 Å². The number of rotatable bonds is 3. The first kappa shape index (κ1) is 16.2. The number of amides is 1. The van der Waals surface area contributed by atoms with Crippen LogP contribution < -0.4 is 5.32 Å². The molecular weight excluding hydrogens is 308 g/mol. The summed E-state index contributed by atoms with van der Waals surface area (Å²) >= 11 is 5.90. The molecule has 1 atom stereocenters. The number of aromatic nitrogens is 1. The van der Waals surface area contributed by atoms with Crippen molar-refractivity contribution in [2.45, 2.75) is 32.4 Å². The first-order chi connectivity index (χ1) is 10.2. The monoisotopic (exact) mass is 324 g/mol. The number of hydrogen-bond acceptors (Lipinski definition) is 3. The van der Waals surface area contributed by atoms with Gasteiger partial charge in [0.25, 0.3) is 0 Å². The van der Waals surface area contributed by atoms with Crippen LogP contribution >= 0.6 is 11.6 Å². The van der Waals surface area contributed by atoms with Gasteiger partial charge in [0.15, 0.2) is 6.04 Å². The molecule has 0 aliphatic carbocycles. The molecule has 0 bridgehead atoms. The molecule has 1 unspecified atom stereocenters. The zero-order valence-electron chi connectivity index (χ0n) is 12.4. The minimum absolute atomic E-state index is 0.435. The second kappa shape index (κ2) is 5.88. The Labute approximate surface area is 132 Å². The number of carboxylic acids is 1. The van der Waals surface area contributed by atoms with E-state index >= 15 is 0 Å². The van der Waals surface area contributed by atoms with Gasteiger partial charge in [-0.05, 0) is 32.9 Å².